The van der Waals surface area contributed by atoms with Gasteiger partial charge in [-0.2, -0.15) is 10.5 Å². The predicted octanol–water partition coefficient (Wildman–Crippen LogP) is 1.16. The molecule has 1 atom stereocenters. The molecule has 0 saturated heterocycles. The van der Waals surface area contributed by atoms with E-state index in [1.165, 1.54) is 18.2 Å². The molecule has 0 saturated carbocycles. The number of nitrogens with two attached hydrogens (primary N) is 2. The summed E-state index contributed by atoms with van der Waals surface area (Å²) in [5, 5.41) is 21.8. The highest BCUT2D eigenvalue weighted by molar-refractivity contribution is 8.03. The molecular formula is C15H12FN5OS. The van der Waals surface area contributed by atoms with Crippen LogP contribution < -0.4 is 16.8 Å². The minimum absolute atomic E-state index is 0.0201. The van der Waals surface area contributed by atoms with E-state index >= 15 is 0 Å². The Balaban J connectivity index is 2.59. The molecule has 0 bridgehead atoms. The van der Waals surface area contributed by atoms with Gasteiger partial charge in [-0.3, -0.25) is 4.79 Å². The number of halogens is 1. The van der Waals surface area contributed by atoms with Gasteiger partial charge in [0.2, 0.25) is 5.91 Å². The van der Waals surface area contributed by atoms with Gasteiger partial charge in [0, 0.05) is 5.56 Å². The topological polar surface area (TPSA) is 129 Å². The molecule has 0 radical (unpaired) electrons. The molecule has 0 spiro atoms. The van der Waals surface area contributed by atoms with Gasteiger partial charge in [0.05, 0.1) is 40.0 Å². The van der Waals surface area contributed by atoms with E-state index in [-0.39, 0.29) is 33.3 Å². The van der Waals surface area contributed by atoms with Crippen LogP contribution in [0.1, 0.15) is 11.5 Å². The highest BCUT2D eigenvalue weighted by atomic mass is 32.2. The quantitative estimate of drug-likeness (QED) is 0.760. The number of benzene rings is 1. The zero-order valence-electron chi connectivity index (χ0n) is 11.8. The summed E-state index contributed by atoms with van der Waals surface area (Å²) < 4.78 is 14.2. The lowest BCUT2D eigenvalue weighted by atomic mass is 9.84. The van der Waals surface area contributed by atoms with Gasteiger partial charge in [-0.15, -0.1) is 0 Å². The van der Waals surface area contributed by atoms with Crippen molar-refractivity contribution in [2.45, 2.75) is 5.92 Å². The Morgan fingerprint density at radius 3 is 2.52 bits per heavy atom. The highest BCUT2D eigenvalue weighted by Crippen LogP contribution is 2.39. The van der Waals surface area contributed by atoms with E-state index in [4.69, 9.17) is 11.5 Å². The molecule has 1 amide bonds. The third-order valence-corrected chi connectivity index (χ3v) is 4.22. The fraction of sp³-hybridized carbons (Fsp3) is 0.133. The largest absolute Gasteiger partial charge is 0.384 e. The fourth-order valence-corrected chi connectivity index (χ4v) is 2.99. The van der Waals surface area contributed by atoms with Gasteiger partial charge in [0.1, 0.15) is 11.6 Å². The second kappa shape index (κ2) is 6.86. The number of nitrogens with one attached hydrogen (secondary N) is 1. The normalized spacial score (nSPS) is 17.3. The van der Waals surface area contributed by atoms with Crippen LogP contribution in [-0.4, -0.2) is 11.7 Å². The lowest BCUT2D eigenvalue weighted by Crippen LogP contribution is -2.30. The first kappa shape index (κ1) is 16.4. The molecule has 23 heavy (non-hydrogen) atoms. The molecule has 1 aromatic rings. The molecule has 116 valence electrons. The van der Waals surface area contributed by atoms with Crippen LogP contribution in [0.3, 0.4) is 0 Å². The second-order valence-corrected chi connectivity index (χ2v) is 5.61. The first-order valence-corrected chi connectivity index (χ1v) is 7.44. The average Bonchev–Trinajstić information content (AvgIpc) is 2.52. The van der Waals surface area contributed by atoms with Crippen LogP contribution in [0.25, 0.3) is 0 Å². The summed E-state index contributed by atoms with van der Waals surface area (Å²) in [4.78, 5) is 11.0. The van der Waals surface area contributed by atoms with Gasteiger partial charge in [-0.25, -0.2) is 4.39 Å². The van der Waals surface area contributed by atoms with Gasteiger partial charge >= 0.3 is 0 Å². The number of allylic oxidation sites excluding steroid dienone is 2. The number of hydrogen-bond acceptors (Lipinski definition) is 6. The Hall–Kier alpha value is -2.97. The summed E-state index contributed by atoms with van der Waals surface area (Å²) in [7, 11) is 0. The minimum Gasteiger partial charge on any atom is -0.384 e. The van der Waals surface area contributed by atoms with Crippen LogP contribution in [0.15, 0.2) is 46.3 Å². The molecule has 0 aliphatic carbocycles. The molecule has 1 unspecified atom stereocenters. The molecular weight excluding hydrogens is 317 g/mol. The first-order chi connectivity index (χ1) is 11.0. The number of hydrogen-bond donors (Lipinski definition) is 3. The molecule has 0 fully saturated rings. The van der Waals surface area contributed by atoms with Crippen molar-refractivity contribution < 1.29 is 9.18 Å². The molecule has 1 aliphatic heterocycles. The number of rotatable bonds is 4. The number of carbonyl (C=O) groups is 1. The summed E-state index contributed by atoms with van der Waals surface area (Å²) in [6.07, 6.45) is 0. The lowest BCUT2D eigenvalue weighted by Gasteiger charge is -2.26. The molecule has 1 aromatic carbocycles. The van der Waals surface area contributed by atoms with Crippen molar-refractivity contribution >= 4 is 17.7 Å². The number of nitriles is 2. The van der Waals surface area contributed by atoms with Crippen LogP contribution in [0.2, 0.25) is 0 Å². The van der Waals surface area contributed by atoms with Gasteiger partial charge in [0.25, 0.3) is 0 Å². The third-order valence-electron chi connectivity index (χ3n) is 3.18. The van der Waals surface area contributed by atoms with Crippen LogP contribution in [-0.2, 0) is 4.79 Å². The van der Waals surface area contributed by atoms with E-state index in [2.05, 4.69) is 5.32 Å². The summed E-state index contributed by atoms with van der Waals surface area (Å²) in [5.41, 5.74) is 11.3. The average molecular weight is 329 g/mol. The lowest BCUT2D eigenvalue weighted by molar-refractivity contribution is -0.115. The minimum atomic E-state index is -0.928. The van der Waals surface area contributed by atoms with Crippen LogP contribution in [0.4, 0.5) is 4.39 Å². The fourth-order valence-electron chi connectivity index (χ4n) is 2.21. The number of thioether (sulfide) groups is 1. The van der Waals surface area contributed by atoms with Gasteiger partial charge in [-0.1, -0.05) is 30.0 Å². The molecule has 6 nitrogen and oxygen atoms in total. The Bertz CT molecular complexity index is 803. The summed E-state index contributed by atoms with van der Waals surface area (Å²) in [5.74, 6) is -2.11. The number of dihydropyridines is 1. The van der Waals surface area contributed by atoms with Crippen molar-refractivity contribution in [1.82, 2.24) is 5.32 Å². The smallest absolute Gasteiger partial charge is 0.227 e. The van der Waals surface area contributed by atoms with Gasteiger partial charge < -0.3 is 16.8 Å². The van der Waals surface area contributed by atoms with E-state index in [1.807, 2.05) is 12.1 Å². The number of nitrogens with zero attached hydrogens (tertiary/aromatic N) is 2. The SMILES string of the molecule is N#CC1=C(N)NC(SCC(N)=O)=C(C#N)C1c1ccccc1F. The summed E-state index contributed by atoms with van der Waals surface area (Å²) in [6, 6.07) is 9.75. The Morgan fingerprint density at radius 1 is 1.30 bits per heavy atom. The molecule has 8 heteroatoms. The standard InChI is InChI=1S/C15H12FN5OS/c16-11-4-2-1-3-8(11)13-9(5-17)14(20)21-15(10(13)6-18)23-7-12(19)22/h1-4,13,21H,7,20H2,(H2,19,22). The van der Waals surface area contributed by atoms with Crippen LogP contribution in [0.5, 0.6) is 0 Å². The number of carbonyl (C=O) groups excluding carboxylic acids is 1. The third kappa shape index (κ3) is 3.28. The first-order valence-electron chi connectivity index (χ1n) is 6.46. The maximum absolute atomic E-state index is 14.2. The molecule has 1 heterocycles. The summed E-state index contributed by atoms with van der Waals surface area (Å²) >= 11 is 0.984. The Morgan fingerprint density at radius 2 is 1.96 bits per heavy atom. The van der Waals surface area contributed by atoms with E-state index in [9.17, 15) is 19.7 Å². The maximum atomic E-state index is 14.2. The summed E-state index contributed by atoms with van der Waals surface area (Å²) in [6.45, 7) is 0. The van der Waals surface area contributed by atoms with Crippen molar-refractivity contribution in [2.75, 3.05) is 5.75 Å². The van der Waals surface area contributed by atoms with Crippen molar-refractivity contribution in [3.8, 4) is 12.1 Å². The molecule has 0 aromatic heterocycles. The van der Waals surface area contributed by atoms with Crippen LogP contribution >= 0.6 is 11.8 Å². The van der Waals surface area contributed by atoms with E-state index in [0.29, 0.717) is 0 Å². The van der Waals surface area contributed by atoms with E-state index in [0.717, 1.165) is 11.8 Å². The van der Waals surface area contributed by atoms with Crippen molar-refractivity contribution in [3.05, 3.63) is 57.6 Å². The van der Waals surface area contributed by atoms with Crippen LogP contribution in [0, 0.1) is 28.5 Å². The molecule has 5 N–H and O–H groups in total. The Kier molecular flexibility index (Phi) is 4.89. The zero-order valence-corrected chi connectivity index (χ0v) is 12.7. The number of amides is 1. The van der Waals surface area contributed by atoms with E-state index in [1.54, 1.807) is 6.07 Å². The van der Waals surface area contributed by atoms with Crippen molar-refractivity contribution in [3.63, 3.8) is 0 Å². The highest BCUT2D eigenvalue weighted by Gasteiger charge is 2.33. The van der Waals surface area contributed by atoms with Gasteiger partial charge in [-0.05, 0) is 6.07 Å². The maximum Gasteiger partial charge on any atom is 0.227 e. The Labute approximate surface area is 136 Å². The number of primary amides is 1. The molecule has 2 rings (SSSR count). The second-order valence-electron chi connectivity index (χ2n) is 4.63. The molecule has 1 aliphatic rings. The van der Waals surface area contributed by atoms with Crippen molar-refractivity contribution in [2.24, 2.45) is 11.5 Å². The van der Waals surface area contributed by atoms with Crippen molar-refractivity contribution in [1.29, 1.82) is 10.5 Å². The van der Waals surface area contributed by atoms with Gasteiger partial charge in [0.15, 0.2) is 0 Å². The predicted molar refractivity (Wildman–Crippen MR) is 83.4 cm³/mol. The monoisotopic (exact) mass is 329 g/mol. The van der Waals surface area contributed by atoms with E-state index < -0.39 is 17.6 Å². The zero-order chi connectivity index (χ0) is 17.0.